The second-order valence-corrected chi connectivity index (χ2v) is 7.59. The number of carbonyl (C=O) groups is 1. The van der Waals surface area contributed by atoms with Crippen LogP contribution in [0.4, 0.5) is 0 Å². The van der Waals surface area contributed by atoms with Gasteiger partial charge < -0.3 is 11.2 Å². The molecule has 0 heterocycles. The van der Waals surface area contributed by atoms with Gasteiger partial charge in [-0.15, -0.1) is 0 Å². The van der Waals surface area contributed by atoms with Crippen LogP contribution in [0.3, 0.4) is 0 Å². The van der Waals surface area contributed by atoms with Crippen LogP contribution in [0.25, 0.3) is 6.08 Å². The lowest BCUT2D eigenvalue weighted by Crippen LogP contribution is -2.31. The molecule has 24 heavy (non-hydrogen) atoms. The van der Waals surface area contributed by atoms with Crippen molar-refractivity contribution in [2.24, 2.45) is 16.4 Å². The van der Waals surface area contributed by atoms with Crippen molar-refractivity contribution in [3.8, 4) is 0 Å². The number of fused-ring (bicyclic) bond motifs is 1. The number of benzene rings is 1. The zero-order valence-electron chi connectivity index (χ0n) is 14.0. The smallest absolute Gasteiger partial charge is 0.261 e. The molecule has 132 valence electrons. The number of aryl methyl sites for hydroxylation is 1. The summed E-state index contributed by atoms with van der Waals surface area (Å²) in [5, 5.41) is 5.89. The molecule has 4 N–H and O–H groups in total. The summed E-state index contributed by atoms with van der Waals surface area (Å²) in [5.41, 5.74) is 2.98. The van der Waals surface area contributed by atoms with E-state index in [1.54, 1.807) is 0 Å². The van der Waals surface area contributed by atoms with Crippen LogP contribution in [-0.4, -0.2) is 31.5 Å². The Hall–Kier alpha value is -2.19. The third-order valence-electron chi connectivity index (χ3n) is 3.62. The van der Waals surface area contributed by atoms with Gasteiger partial charge in [0.2, 0.25) is 0 Å². The van der Waals surface area contributed by atoms with Crippen molar-refractivity contribution in [3.05, 3.63) is 41.0 Å². The zero-order valence-corrected chi connectivity index (χ0v) is 14.8. The summed E-state index contributed by atoms with van der Waals surface area (Å²) < 4.78 is 25.9. The van der Waals surface area contributed by atoms with Gasteiger partial charge in [0, 0.05) is 5.57 Å². The van der Waals surface area contributed by atoms with Crippen LogP contribution in [0.1, 0.15) is 31.4 Å². The van der Waals surface area contributed by atoms with Gasteiger partial charge in [-0.2, -0.15) is 13.5 Å². The van der Waals surface area contributed by atoms with Crippen LogP contribution in [0.2, 0.25) is 0 Å². The molecular weight excluding hydrogens is 330 g/mol. The zero-order chi connectivity index (χ0) is 18.4. The highest BCUT2D eigenvalue weighted by atomic mass is 32.2. The van der Waals surface area contributed by atoms with Crippen molar-refractivity contribution in [1.29, 1.82) is 0 Å². The summed E-state index contributed by atoms with van der Waals surface area (Å²) >= 11 is 0. The van der Waals surface area contributed by atoms with Crippen molar-refractivity contribution in [2.45, 2.75) is 26.7 Å². The molecule has 1 aromatic carbocycles. The molecule has 0 saturated heterocycles. The number of amides is 1. The number of carbonyl (C=O) groups excluding carboxylic acids is 1. The molecule has 1 aromatic rings. The Kier molecular flexibility index (Phi) is 6.68. The van der Waals surface area contributed by atoms with Gasteiger partial charge in [0.1, 0.15) is 6.34 Å². The van der Waals surface area contributed by atoms with E-state index in [4.69, 9.17) is 10.4 Å². The van der Waals surface area contributed by atoms with E-state index in [0.29, 0.717) is 6.26 Å². The summed E-state index contributed by atoms with van der Waals surface area (Å²) in [6.07, 6.45) is 5.82. The number of nitrogens with two attached hydrogens (primary N) is 1. The summed E-state index contributed by atoms with van der Waals surface area (Å²) in [5.74, 6) is 4.87. The lowest BCUT2D eigenvalue weighted by atomic mass is 9.80. The molecule has 8 heteroatoms. The Bertz CT molecular complexity index is 744. The van der Waals surface area contributed by atoms with Crippen LogP contribution in [-0.2, 0) is 21.3 Å². The predicted octanol–water partition coefficient (Wildman–Crippen LogP) is 1.56. The molecule has 0 aromatic heterocycles. The molecule has 0 aliphatic heterocycles. The summed E-state index contributed by atoms with van der Waals surface area (Å²) in [6, 6.07) is 8.18. The minimum absolute atomic E-state index is 0.143. The van der Waals surface area contributed by atoms with Gasteiger partial charge in [-0.1, -0.05) is 38.1 Å². The number of nitrogens with one attached hydrogen (secondary N) is 1. The summed E-state index contributed by atoms with van der Waals surface area (Å²) in [7, 11) is -3.67. The molecule has 7 nitrogen and oxygen atoms in total. The summed E-state index contributed by atoms with van der Waals surface area (Å²) in [6.45, 7) is 4.17. The van der Waals surface area contributed by atoms with Gasteiger partial charge in [0.05, 0.1) is 6.26 Å². The van der Waals surface area contributed by atoms with E-state index in [1.807, 2.05) is 24.3 Å². The van der Waals surface area contributed by atoms with Gasteiger partial charge in [0.15, 0.2) is 0 Å². The van der Waals surface area contributed by atoms with Gasteiger partial charge in [-0.3, -0.25) is 9.35 Å². The Morgan fingerprint density at radius 1 is 1.38 bits per heavy atom. The number of nitrogens with zero attached hydrogens (tertiary/aromatic N) is 1. The Morgan fingerprint density at radius 2 is 1.96 bits per heavy atom. The van der Waals surface area contributed by atoms with Crippen LogP contribution in [0.15, 0.2) is 34.9 Å². The molecule has 1 aliphatic carbocycles. The molecule has 0 saturated carbocycles. The van der Waals surface area contributed by atoms with E-state index in [2.05, 4.69) is 30.3 Å². The highest BCUT2D eigenvalue weighted by molar-refractivity contribution is 7.85. The maximum atomic E-state index is 12.2. The van der Waals surface area contributed by atoms with E-state index >= 15 is 0 Å². The Balaban J connectivity index is 0.000000505. The molecule has 0 atom stereocenters. The van der Waals surface area contributed by atoms with Crippen molar-refractivity contribution >= 4 is 28.4 Å². The maximum Gasteiger partial charge on any atom is 0.261 e. The molecule has 0 spiro atoms. The van der Waals surface area contributed by atoms with Crippen LogP contribution in [0.5, 0.6) is 0 Å². The first-order valence-corrected chi connectivity index (χ1v) is 9.14. The minimum Gasteiger partial charge on any atom is -0.322 e. The molecule has 2 rings (SSSR count). The van der Waals surface area contributed by atoms with Crippen LogP contribution in [0, 0.1) is 5.41 Å². The van der Waals surface area contributed by atoms with Crippen molar-refractivity contribution in [2.75, 3.05) is 6.26 Å². The quantitative estimate of drug-likeness (QED) is 0.245. The second kappa shape index (κ2) is 8.07. The predicted molar refractivity (Wildman–Crippen MR) is 94.8 cm³/mol. The lowest BCUT2D eigenvalue weighted by molar-refractivity contribution is -0.117. The molecule has 0 bridgehead atoms. The highest BCUT2D eigenvalue weighted by Gasteiger charge is 2.30. The fourth-order valence-corrected chi connectivity index (χ4v) is 2.38. The topological polar surface area (TPSA) is 122 Å². The molecule has 0 unspecified atom stereocenters. The van der Waals surface area contributed by atoms with Gasteiger partial charge in [0.25, 0.3) is 16.0 Å². The van der Waals surface area contributed by atoms with E-state index in [1.165, 1.54) is 11.9 Å². The number of hydrazone groups is 1. The molecule has 0 radical (unpaired) electrons. The fourth-order valence-electron chi connectivity index (χ4n) is 2.38. The maximum absolute atomic E-state index is 12.2. The third-order valence-corrected chi connectivity index (χ3v) is 3.62. The van der Waals surface area contributed by atoms with E-state index in [9.17, 15) is 13.2 Å². The fraction of sp³-hybridized carbons (Fsp3) is 0.375. The van der Waals surface area contributed by atoms with Crippen LogP contribution >= 0.6 is 0 Å². The summed E-state index contributed by atoms with van der Waals surface area (Å²) in [4.78, 5) is 12.2. The molecule has 1 amide bonds. The van der Waals surface area contributed by atoms with E-state index < -0.39 is 10.1 Å². The number of rotatable bonds is 2. The Labute approximate surface area is 142 Å². The first kappa shape index (κ1) is 19.9. The lowest BCUT2D eigenvalue weighted by Gasteiger charge is -2.25. The standard InChI is InChI=1S/C15H19N3O.CH4O3S/c1-15(2)8-7-11-5-3-4-6-12(11)9-13(15)14(19)17-10-18-16;1-5(2,3)4/h3-6,9-10H,7-8,16H2,1-2H3,(H,17,18,19);1H3,(H,2,3,4). The normalized spacial score (nSPS) is 16.2. The SMILES string of the molecule is CC1(C)CCc2ccccc2C=C1C(=O)NC=NN.CS(=O)(=O)O. The van der Waals surface area contributed by atoms with Crippen molar-refractivity contribution in [1.82, 2.24) is 5.32 Å². The molecule has 0 fully saturated rings. The Morgan fingerprint density at radius 3 is 2.54 bits per heavy atom. The van der Waals surface area contributed by atoms with Crippen LogP contribution < -0.4 is 11.2 Å². The third kappa shape index (κ3) is 6.51. The highest BCUT2D eigenvalue weighted by Crippen LogP contribution is 2.37. The first-order chi connectivity index (χ1) is 11.0. The van der Waals surface area contributed by atoms with Crippen molar-refractivity contribution < 1.29 is 17.8 Å². The first-order valence-electron chi connectivity index (χ1n) is 7.30. The van der Waals surface area contributed by atoms with E-state index in [-0.39, 0.29) is 11.3 Å². The number of hydrogen-bond donors (Lipinski definition) is 3. The average Bonchev–Trinajstić information content (AvgIpc) is 2.60. The van der Waals surface area contributed by atoms with Gasteiger partial charge in [-0.05, 0) is 35.5 Å². The minimum atomic E-state index is -3.67. The second-order valence-electron chi connectivity index (χ2n) is 6.13. The van der Waals surface area contributed by atoms with Crippen molar-refractivity contribution in [3.63, 3.8) is 0 Å². The van der Waals surface area contributed by atoms with E-state index in [0.717, 1.165) is 24.0 Å². The monoisotopic (exact) mass is 353 g/mol. The average molecular weight is 353 g/mol. The molecular formula is C16H23N3O4S. The largest absolute Gasteiger partial charge is 0.322 e. The molecule has 1 aliphatic rings. The van der Waals surface area contributed by atoms with Gasteiger partial charge >= 0.3 is 0 Å². The van der Waals surface area contributed by atoms with Gasteiger partial charge in [-0.25, -0.2) is 0 Å². The number of hydrogen-bond acceptors (Lipinski definition) is 5.